The Labute approximate surface area is 134 Å². The maximum atomic E-state index is 5.80. The van der Waals surface area contributed by atoms with Gasteiger partial charge < -0.3 is 10.5 Å². The van der Waals surface area contributed by atoms with Gasteiger partial charge in [0.25, 0.3) is 0 Å². The molecule has 1 aromatic carbocycles. The summed E-state index contributed by atoms with van der Waals surface area (Å²) in [4.78, 5) is 2.89. The number of unbranched alkanes of at least 4 members (excludes halogenated alkanes) is 2. The molecule has 0 heterocycles. The lowest BCUT2D eigenvalue weighted by Crippen LogP contribution is -2.35. The molecule has 0 saturated heterocycles. The number of ether oxygens (including phenoxy) is 1. The van der Waals surface area contributed by atoms with Crippen LogP contribution >= 0.6 is 12.2 Å². The van der Waals surface area contributed by atoms with Crippen molar-refractivity contribution in [2.75, 3.05) is 19.7 Å². The van der Waals surface area contributed by atoms with Crippen LogP contribution in [-0.2, 0) is 0 Å². The number of nitrogens with two attached hydrogens (primary N) is 1. The average molecular weight is 308 g/mol. The first kappa shape index (κ1) is 17.9. The molecule has 3 nitrogen and oxygen atoms in total. The van der Waals surface area contributed by atoms with E-state index in [0.717, 1.165) is 24.4 Å². The van der Waals surface area contributed by atoms with E-state index in [-0.39, 0.29) is 0 Å². The fourth-order valence-electron chi connectivity index (χ4n) is 2.19. The van der Waals surface area contributed by atoms with Crippen LogP contribution in [-0.4, -0.2) is 35.6 Å². The smallest absolute Gasteiger partial charge is 0.119 e. The number of hydrogen-bond donors (Lipinski definition) is 1. The Balaban J connectivity index is 2.37. The summed E-state index contributed by atoms with van der Waals surface area (Å²) in [6.45, 7) is 9.52. The van der Waals surface area contributed by atoms with Gasteiger partial charge in [-0.25, -0.2) is 0 Å². The minimum Gasteiger partial charge on any atom is -0.492 e. The Hall–Kier alpha value is -1.13. The van der Waals surface area contributed by atoms with Crippen molar-refractivity contribution in [1.82, 2.24) is 4.90 Å². The molecular formula is C17H28N2OS. The molecule has 1 rings (SSSR count). The molecule has 0 aliphatic heterocycles. The number of nitrogens with zero attached hydrogens (tertiary/aromatic N) is 1. The van der Waals surface area contributed by atoms with E-state index >= 15 is 0 Å². The van der Waals surface area contributed by atoms with Gasteiger partial charge in [-0.1, -0.05) is 32.0 Å². The van der Waals surface area contributed by atoms with Crippen LogP contribution in [0, 0.1) is 0 Å². The highest BCUT2D eigenvalue weighted by Crippen LogP contribution is 2.12. The number of hydrogen-bond acceptors (Lipinski definition) is 3. The molecule has 0 unspecified atom stereocenters. The predicted molar refractivity (Wildman–Crippen MR) is 94.1 cm³/mol. The first-order chi connectivity index (χ1) is 10.0. The van der Waals surface area contributed by atoms with Gasteiger partial charge in [0.1, 0.15) is 17.3 Å². The summed E-state index contributed by atoms with van der Waals surface area (Å²) in [7, 11) is 0. The summed E-state index contributed by atoms with van der Waals surface area (Å²) in [5.74, 6) is 0.868. The SMILES string of the molecule is CCCCCN(CCOc1ccc(C(N)=S)cc1)C(C)C. The first-order valence-electron chi connectivity index (χ1n) is 7.81. The second-order valence-corrected chi connectivity index (χ2v) is 6.01. The molecule has 0 aliphatic carbocycles. The lowest BCUT2D eigenvalue weighted by atomic mass is 10.2. The monoisotopic (exact) mass is 308 g/mol. The van der Waals surface area contributed by atoms with Crippen LogP contribution in [0.4, 0.5) is 0 Å². The van der Waals surface area contributed by atoms with E-state index in [4.69, 9.17) is 22.7 Å². The first-order valence-corrected chi connectivity index (χ1v) is 8.22. The van der Waals surface area contributed by atoms with Crippen molar-refractivity contribution in [2.24, 2.45) is 5.73 Å². The van der Waals surface area contributed by atoms with Crippen molar-refractivity contribution in [2.45, 2.75) is 46.1 Å². The van der Waals surface area contributed by atoms with Gasteiger partial charge in [-0.15, -0.1) is 0 Å². The summed E-state index contributed by atoms with van der Waals surface area (Å²) in [6, 6.07) is 8.21. The molecule has 0 fully saturated rings. The minimum atomic E-state index is 0.420. The fraction of sp³-hybridized carbons (Fsp3) is 0.588. The normalized spacial score (nSPS) is 11.1. The molecule has 0 amide bonds. The molecule has 2 N–H and O–H groups in total. The second-order valence-electron chi connectivity index (χ2n) is 5.57. The Kier molecular flexibility index (Phi) is 8.31. The van der Waals surface area contributed by atoms with Crippen LogP contribution in [0.5, 0.6) is 5.75 Å². The van der Waals surface area contributed by atoms with Gasteiger partial charge in [0.2, 0.25) is 0 Å². The highest BCUT2D eigenvalue weighted by molar-refractivity contribution is 7.80. The van der Waals surface area contributed by atoms with Crippen molar-refractivity contribution in [1.29, 1.82) is 0 Å². The van der Waals surface area contributed by atoms with Crippen LogP contribution in [0.2, 0.25) is 0 Å². The molecule has 1 aromatic rings. The van der Waals surface area contributed by atoms with Gasteiger partial charge >= 0.3 is 0 Å². The third kappa shape index (κ3) is 6.91. The van der Waals surface area contributed by atoms with Gasteiger partial charge in [0.15, 0.2) is 0 Å². The molecule has 0 spiro atoms. The summed E-state index contributed by atoms with van der Waals surface area (Å²) < 4.78 is 5.80. The third-order valence-electron chi connectivity index (χ3n) is 3.57. The van der Waals surface area contributed by atoms with Crippen LogP contribution in [0.25, 0.3) is 0 Å². The van der Waals surface area contributed by atoms with Crippen molar-refractivity contribution in [3.63, 3.8) is 0 Å². The predicted octanol–water partition coefficient (Wildman–Crippen LogP) is 3.60. The highest BCUT2D eigenvalue weighted by atomic mass is 32.1. The van der Waals surface area contributed by atoms with E-state index < -0.39 is 0 Å². The summed E-state index contributed by atoms with van der Waals surface area (Å²) in [6.07, 6.45) is 3.82. The second kappa shape index (κ2) is 9.74. The zero-order valence-corrected chi connectivity index (χ0v) is 14.3. The Bertz CT molecular complexity index is 417. The highest BCUT2D eigenvalue weighted by Gasteiger charge is 2.08. The van der Waals surface area contributed by atoms with Crippen molar-refractivity contribution in [3.05, 3.63) is 29.8 Å². The van der Waals surface area contributed by atoms with E-state index in [0.29, 0.717) is 17.6 Å². The Morgan fingerprint density at radius 1 is 1.19 bits per heavy atom. The van der Waals surface area contributed by atoms with Crippen molar-refractivity contribution >= 4 is 17.2 Å². The van der Waals surface area contributed by atoms with Crippen LogP contribution in [0.3, 0.4) is 0 Å². The van der Waals surface area contributed by atoms with E-state index in [9.17, 15) is 0 Å². The van der Waals surface area contributed by atoms with Gasteiger partial charge in [0.05, 0.1) is 0 Å². The van der Waals surface area contributed by atoms with Crippen LogP contribution in [0.15, 0.2) is 24.3 Å². The van der Waals surface area contributed by atoms with E-state index in [1.54, 1.807) is 0 Å². The third-order valence-corrected chi connectivity index (χ3v) is 3.80. The lowest BCUT2D eigenvalue weighted by Gasteiger charge is -2.26. The number of rotatable bonds is 10. The number of benzene rings is 1. The Morgan fingerprint density at radius 3 is 2.38 bits per heavy atom. The van der Waals surface area contributed by atoms with E-state index in [2.05, 4.69) is 25.7 Å². The molecular weight excluding hydrogens is 280 g/mol. The van der Waals surface area contributed by atoms with E-state index in [1.165, 1.54) is 19.3 Å². The minimum absolute atomic E-state index is 0.420. The maximum Gasteiger partial charge on any atom is 0.119 e. The van der Waals surface area contributed by atoms with Gasteiger partial charge in [-0.2, -0.15) is 0 Å². The van der Waals surface area contributed by atoms with Crippen molar-refractivity contribution < 1.29 is 4.74 Å². The molecule has 4 heteroatoms. The zero-order chi connectivity index (χ0) is 15.7. The van der Waals surface area contributed by atoms with Gasteiger partial charge in [-0.05, 0) is 51.1 Å². The lowest BCUT2D eigenvalue weighted by molar-refractivity contribution is 0.173. The molecule has 0 radical (unpaired) electrons. The van der Waals surface area contributed by atoms with Crippen LogP contribution < -0.4 is 10.5 Å². The molecule has 0 bridgehead atoms. The standard InChI is InChI=1S/C17H28N2OS/c1-4-5-6-11-19(14(2)3)12-13-20-16-9-7-15(8-10-16)17(18)21/h7-10,14H,4-6,11-13H2,1-3H3,(H2,18,21). The van der Waals surface area contributed by atoms with Gasteiger partial charge in [-0.3, -0.25) is 4.90 Å². The van der Waals surface area contributed by atoms with Crippen LogP contribution in [0.1, 0.15) is 45.6 Å². The number of thiocarbonyl (C=S) groups is 1. The molecule has 118 valence electrons. The summed E-state index contributed by atoms with van der Waals surface area (Å²) in [5, 5.41) is 0. The average Bonchev–Trinajstić information content (AvgIpc) is 2.46. The molecule has 21 heavy (non-hydrogen) atoms. The largest absolute Gasteiger partial charge is 0.492 e. The fourth-order valence-corrected chi connectivity index (χ4v) is 2.33. The van der Waals surface area contributed by atoms with Gasteiger partial charge in [0, 0.05) is 18.2 Å². The zero-order valence-electron chi connectivity index (χ0n) is 13.5. The molecule has 0 aliphatic rings. The quantitative estimate of drug-likeness (QED) is 0.529. The summed E-state index contributed by atoms with van der Waals surface area (Å²) >= 11 is 4.94. The summed E-state index contributed by atoms with van der Waals surface area (Å²) in [5.41, 5.74) is 6.45. The van der Waals surface area contributed by atoms with Crippen molar-refractivity contribution in [3.8, 4) is 5.75 Å². The molecule has 0 aromatic heterocycles. The Morgan fingerprint density at radius 2 is 1.86 bits per heavy atom. The molecule has 0 atom stereocenters. The maximum absolute atomic E-state index is 5.80. The topological polar surface area (TPSA) is 38.5 Å². The van der Waals surface area contributed by atoms with E-state index in [1.807, 2.05) is 24.3 Å². The molecule has 0 saturated carbocycles.